The molecule has 0 aliphatic rings. The Morgan fingerprint density at radius 1 is 0.969 bits per heavy atom. The third-order valence-electron chi connectivity index (χ3n) is 4.33. The third kappa shape index (κ3) is 9.75. The fourth-order valence-corrected chi connectivity index (χ4v) is 2.68. The summed E-state index contributed by atoms with van der Waals surface area (Å²) >= 11 is 0. The highest BCUT2D eigenvalue weighted by Gasteiger charge is 2.29. The lowest BCUT2D eigenvalue weighted by atomic mass is 10.0. The molecule has 0 unspecified atom stereocenters. The predicted molar refractivity (Wildman–Crippen MR) is 115 cm³/mol. The van der Waals surface area contributed by atoms with Crippen LogP contribution in [0.15, 0.2) is 29.3 Å². The minimum absolute atomic E-state index is 0.00327. The number of guanidine groups is 1. The molecule has 1 aromatic rings. The maximum Gasteiger partial charge on any atom is 0.326 e. The van der Waals surface area contributed by atoms with Crippen molar-refractivity contribution in [1.29, 1.82) is 0 Å². The third-order valence-corrected chi connectivity index (χ3v) is 4.33. The molecule has 0 radical (unpaired) electrons. The fraction of sp³-hybridized carbons (Fsp3) is 0.421. The van der Waals surface area contributed by atoms with Crippen LogP contribution in [0.4, 0.5) is 0 Å². The Morgan fingerprint density at radius 2 is 1.56 bits per heavy atom. The van der Waals surface area contributed by atoms with Crippen molar-refractivity contribution in [2.75, 3.05) is 6.54 Å². The van der Waals surface area contributed by atoms with Crippen LogP contribution < -0.4 is 33.6 Å². The van der Waals surface area contributed by atoms with Crippen LogP contribution in [-0.2, 0) is 25.6 Å². The Balaban J connectivity index is 2.78. The SMILES string of the molecule is NC(=O)C[C@H](NC(=O)[C@@H](N)CCCN=C(N)N)C(=O)N[C@@H](Cc1ccc(O)cc1)C(=O)O. The monoisotopic (exact) mass is 451 g/mol. The van der Waals surface area contributed by atoms with Gasteiger partial charge in [0.1, 0.15) is 17.8 Å². The van der Waals surface area contributed by atoms with E-state index in [0.717, 1.165) is 0 Å². The first-order chi connectivity index (χ1) is 15.0. The summed E-state index contributed by atoms with van der Waals surface area (Å²) in [6.45, 7) is 0.256. The second kappa shape index (κ2) is 12.7. The second-order valence-corrected chi connectivity index (χ2v) is 7.06. The number of hydrogen-bond acceptors (Lipinski definition) is 7. The highest BCUT2D eigenvalue weighted by molar-refractivity contribution is 5.94. The lowest BCUT2D eigenvalue weighted by Gasteiger charge is -2.22. The molecule has 0 heterocycles. The number of carboxylic acid groups (broad SMARTS) is 1. The van der Waals surface area contributed by atoms with E-state index in [-0.39, 0.29) is 31.1 Å². The predicted octanol–water partition coefficient (Wildman–Crippen LogP) is -2.75. The van der Waals surface area contributed by atoms with E-state index in [1.807, 2.05) is 0 Å². The largest absolute Gasteiger partial charge is 0.508 e. The first-order valence-electron chi connectivity index (χ1n) is 9.70. The summed E-state index contributed by atoms with van der Waals surface area (Å²) in [5, 5.41) is 23.4. The van der Waals surface area contributed by atoms with Crippen LogP contribution >= 0.6 is 0 Å². The highest BCUT2D eigenvalue weighted by atomic mass is 16.4. The van der Waals surface area contributed by atoms with Crippen LogP contribution in [0.25, 0.3) is 0 Å². The molecule has 0 saturated carbocycles. The number of phenols is 1. The van der Waals surface area contributed by atoms with Crippen molar-refractivity contribution in [3.8, 4) is 5.75 Å². The molecule has 0 fully saturated rings. The molecule has 176 valence electrons. The Morgan fingerprint density at radius 3 is 2.09 bits per heavy atom. The van der Waals surface area contributed by atoms with Crippen LogP contribution in [-0.4, -0.2) is 64.5 Å². The molecule has 0 aliphatic heterocycles. The van der Waals surface area contributed by atoms with Crippen LogP contribution in [0.1, 0.15) is 24.8 Å². The number of carbonyl (C=O) groups is 4. The van der Waals surface area contributed by atoms with Crippen molar-refractivity contribution < 1.29 is 29.4 Å². The summed E-state index contributed by atoms with van der Waals surface area (Å²) in [5.74, 6) is -3.92. The summed E-state index contributed by atoms with van der Waals surface area (Å²) in [7, 11) is 0. The molecule has 12 N–H and O–H groups in total. The maximum atomic E-state index is 12.6. The summed E-state index contributed by atoms with van der Waals surface area (Å²) in [4.78, 5) is 51.6. The van der Waals surface area contributed by atoms with Gasteiger partial charge < -0.3 is 43.8 Å². The number of primary amides is 1. The highest BCUT2D eigenvalue weighted by Crippen LogP contribution is 2.11. The van der Waals surface area contributed by atoms with Crippen LogP contribution in [0.3, 0.4) is 0 Å². The van der Waals surface area contributed by atoms with E-state index in [1.54, 1.807) is 0 Å². The summed E-state index contributed by atoms with van der Waals surface area (Å²) < 4.78 is 0. The number of hydrogen-bond donors (Lipinski definition) is 8. The molecule has 0 spiro atoms. The Hall–Kier alpha value is -3.87. The average Bonchev–Trinajstić information content (AvgIpc) is 2.70. The van der Waals surface area contributed by atoms with Gasteiger partial charge in [0.2, 0.25) is 17.7 Å². The number of phenolic OH excluding ortho intramolecular Hbond substituents is 1. The first-order valence-corrected chi connectivity index (χ1v) is 9.70. The van der Waals surface area contributed by atoms with Crippen LogP contribution in [0.2, 0.25) is 0 Å². The number of nitrogens with zero attached hydrogens (tertiary/aromatic N) is 1. The van der Waals surface area contributed by atoms with Gasteiger partial charge in [-0.25, -0.2) is 4.79 Å². The summed E-state index contributed by atoms with van der Waals surface area (Å²) in [5.41, 5.74) is 21.9. The second-order valence-electron chi connectivity index (χ2n) is 7.06. The number of aromatic hydroxyl groups is 1. The lowest BCUT2D eigenvalue weighted by molar-refractivity contribution is -0.142. The quantitative estimate of drug-likeness (QED) is 0.0877. The normalized spacial score (nSPS) is 13.3. The molecule has 0 bridgehead atoms. The van der Waals surface area contributed by atoms with E-state index in [4.69, 9.17) is 22.9 Å². The van der Waals surface area contributed by atoms with E-state index >= 15 is 0 Å². The maximum absolute atomic E-state index is 12.6. The van der Waals surface area contributed by atoms with Crippen molar-refractivity contribution in [2.24, 2.45) is 27.9 Å². The Bertz CT molecular complexity index is 839. The van der Waals surface area contributed by atoms with Crippen LogP contribution in [0, 0.1) is 0 Å². The summed E-state index contributed by atoms with van der Waals surface area (Å²) in [6.07, 6.45) is -0.0498. The number of nitrogens with one attached hydrogen (secondary N) is 2. The molecule has 0 aromatic heterocycles. The zero-order valence-electron chi connectivity index (χ0n) is 17.4. The standard InChI is InChI=1S/C19H29N7O6/c20-12(2-1-7-24-19(22)23)16(29)25-13(9-15(21)28)17(30)26-14(18(31)32)8-10-3-5-11(27)6-4-10/h3-6,12-14,27H,1-2,7-9,20H2,(H2,21,28)(H,25,29)(H,26,30)(H,31,32)(H4,22,23,24)/t12-,13-,14-/m0/s1. The van der Waals surface area contributed by atoms with Gasteiger partial charge in [0.05, 0.1) is 12.5 Å². The van der Waals surface area contributed by atoms with Gasteiger partial charge >= 0.3 is 5.97 Å². The van der Waals surface area contributed by atoms with E-state index in [1.165, 1.54) is 24.3 Å². The van der Waals surface area contributed by atoms with E-state index in [9.17, 15) is 29.4 Å². The molecule has 0 saturated heterocycles. The first kappa shape index (κ1) is 26.2. The molecule has 0 aliphatic carbocycles. The van der Waals surface area contributed by atoms with Gasteiger partial charge in [-0.15, -0.1) is 0 Å². The number of amides is 3. The number of carboxylic acids is 1. The van der Waals surface area contributed by atoms with Crippen molar-refractivity contribution in [3.63, 3.8) is 0 Å². The lowest BCUT2D eigenvalue weighted by Crippen LogP contribution is -2.55. The van der Waals surface area contributed by atoms with E-state index in [2.05, 4.69) is 15.6 Å². The summed E-state index contributed by atoms with van der Waals surface area (Å²) in [6, 6.07) is 1.97. The average molecular weight is 451 g/mol. The zero-order chi connectivity index (χ0) is 24.3. The number of benzene rings is 1. The fourth-order valence-electron chi connectivity index (χ4n) is 2.68. The van der Waals surface area contributed by atoms with Gasteiger partial charge in [-0.05, 0) is 30.5 Å². The molecule has 1 aromatic carbocycles. The van der Waals surface area contributed by atoms with E-state index < -0.39 is 48.2 Å². The smallest absolute Gasteiger partial charge is 0.326 e. The van der Waals surface area contributed by atoms with Crippen LogP contribution in [0.5, 0.6) is 5.75 Å². The van der Waals surface area contributed by atoms with Gasteiger partial charge in [-0.2, -0.15) is 0 Å². The minimum atomic E-state index is -1.41. The molecule has 32 heavy (non-hydrogen) atoms. The molecule has 3 atom stereocenters. The number of rotatable bonds is 13. The molecular formula is C19H29N7O6. The Kier molecular flexibility index (Phi) is 10.4. The van der Waals surface area contributed by atoms with Gasteiger partial charge in [0.15, 0.2) is 5.96 Å². The number of aliphatic carboxylic acids is 1. The molecular weight excluding hydrogens is 422 g/mol. The van der Waals surface area contributed by atoms with Gasteiger partial charge in [0.25, 0.3) is 0 Å². The van der Waals surface area contributed by atoms with Crippen molar-refractivity contribution >= 4 is 29.7 Å². The zero-order valence-corrected chi connectivity index (χ0v) is 17.4. The van der Waals surface area contributed by atoms with Gasteiger partial charge in [0, 0.05) is 13.0 Å². The van der Waals surface area contributed by atoms with Crippen molar-refractivity contribution in [2.45, 2.75) is 43.8 Å². The molecule has 13 nitrogen and oxygen atoms in total. The molecule has 3 amide bonds. The van der Waals surface area contributed by atoms with Crippen molar-refractivity contribution in [1.82, 2.24) is 10.6 Å². The molecule has 1 rings (SSSR count). The number of nitrogens with two attached hydrogens (primary N) is 4. The Labute approximate surface area is 184 Å². The molecule has 13 heteroatoms. The number of aliphatic imine (C=N–C) groups is 1. The van der Waals surface area contributed by atoms with Gasteiger partial charge in [-0.3, -0.25) is 19.4 Å². The van der Waals surface area contributed by atoms with E-state index in [0.29, 0.717) is 12.0 Å². The minimum Gasteiger partial charge on any atom is -0.508 e. The topological polar surface area (TPSA) is 249 Å². The van der Waals surface area contributed by atoms with Crippen molar-refractivity contribution in [3.05, 3.63) is 29.8 Å². The van der Waals surface area contributed by atoms with Gasteiger partial charge in [-0.1, -0.05) is 12.1 Å². The number of carbonyl (C=O) groups excluding carboxylic acids is 3.